The smallest absolute Gasteiger partial charge is 0.169 e. The Morgan fingerprint density at radius 2 is 1.88 bits per heavy atom. The summed E-state index contributed by atoms with van der Waals surface area (Å²) < 4.78 is 11.9. The van der Waals surface area contributed by atoms with Crippen molar-refractivity contribution >= 4 is 0 Å². The van der Waals surface area contributed by atoms with Gasteiger partial charge in [-0.25, -0.2) is 0 Å². The van der Waals surface area contributed by atoms with Crippen LogP contribution in [-0.4, -0.2) is 29.2 Å². The number of aliphatic hydroxyl groups excluding tert-OH is 1. The van der Waals surface area contributed by atoms with Gasteiger partial charge in [0.25, 0.3) is 0 Å². The highest BCUT2D eigenvalue weighted by molar-refractivity contribution is 5.02. The van der Waals surface area contributed by atoms with Crippen LogP contribution in [0.3, 0.4) is 0 Å². The summed E-state index contributed by atoms with van der Waals surface area (Å²) in [5.74, 6) is -0.480. The molecule has 0 amide bonds. The van der Waals surface area contributed by atoms with Crippen molar-refractivity contribution < 1.29 is 14.6 Å². The average molecular weight is 224 g/mol. The summed E-state index contributed by atoms with van der Waals surface area (Å²) in [4.78, 5) is 0. The molecule has 3 nitrogen and oxygen atoms in total. The Balaban J connectivity index is 2.10. The third-order valence-corrected chi connectivity index (χ3v) is 3.45. The van der Waals surface area contributed by atoms with Gasteiger partial charge in [-0.05, 0) is 12.8 Å². The van der Waals surface area contributed by atoms with Crippen LogP contribution in [0.2, 0.25) is 0 Å². The fourth-order valence-electron chi connectivity index (χ4n) is 2.56. The second kappa shape index (κ2) is 4.70. The van der Waals surface area contributed by atoms with Crippen LogP contribution < -0.4 is 0 Å². The molecule has 1 spiro atoms. The summed E-state index contributed by atoms with van der Waals surface area (Å²) in [6.45, 7) is 7.32. The summed E-state index contributed by atoms with van der Waals surface area (Å²) in [6.07, 6.45) is 7.25. The van der Waals surface area contributed by atoms with E-state index in [2.05, 4.69) is 13.2 Å². The second-order valence-electron chi connectivity index (χ2n) is 4.60. The quantitative estimate of drug-likeness (QED) is 0.747. The lowest BCUT2D eigenvalue weighted by atomic mass is 9.94. The number of ether oxygens (including phenoxy) is 2. The summed E-state index contributed by atoms with van der Waals surface area (Å²) in [7, 11) is 0. The lowest BCUT2D eigenvalue weighted by Gasteiger charge is -2.32. The van der Waals surface area contributed by atoms with E-state index in [-0.39, 0.29) is 12.2 Å². The van der Waals surface area contributed by atoms with Crippen molar-refractivity contribution in [3.8, 4) is 0 Å². The molecule has 3 atom stereocenters. The molecular formula is C13H20O3. The molecule has 0 aromatic carbocycles. The highest BCUT2D eigenvalue weighted by Gasteiger charge is 2.48. The Morgan fingerprint density at radius 3 is 2.44 bits per heavy atom. The van der Waals surface area contributed by atoms with Gasteiger partial charge in [0, 0.05) is 12.8 Å². The van der Waals surface area contributed by atoms with Crippen molar-refractivity contribution in [2.24, 2.45) is 0 Å². The van der Waals surface area contributed by atoms with Crippen LogP contribution in [0.25, 0.3) is 0 Å². The van der Waals surface area contributed by atoms with E-state index in [0.717, 1.165) is 25.7 Å². The van der Waals surface area contributed by atoms with Crippen LogP contribution >= 0.6 is 0 Å². The standard InChI is InChI=1S/C13H20O3/c1-3-10(14)12-11(4-2)15-13(16-12)8-6-5-7-9-13/h3-4,10-12,14H,1-2,5-9H2/t10-,11+,12-/m0/s1. The lowest BCUT2D eigenvalue weighted by molar-refractivity contribution is -0.196. The van der Waals surface area contributed by atoms with Crippen LogP contribution in [0, 0.1) is 0 Å². The SMILES string of the molecule is C=C[C@H](O)[C@@H]1OC2(CCCCC2)O[C@@H]1C=C. The maximum absolute atomic E-state index is 9.80. The minimum atomic E-state index is -0.690. The molecule has 0 unspecified atom stereocenters. The van der Waals surface area contributed by atoms with Gasteiger partial charge >= 0.3 is 0 Å². The molecule has 1 aliphatic carbocycles. The predicted molar refractivity (Wildman–Crippen MR) is 62.0 cm³/mol. The molecule has 0 aromatic heterocycles. The van der Waals surface area contributed by atoms with E-state index in [9.17, 15) is 5.11 Å². The topological polar surface area (TPSA) is 38.7 Å². The molecule has 1 N–H and O–H groups in total. The van der Waals surface area contributed by atoms with Crippen LogP contribution in [-0.2, 0) is 9.47 Å². The second-order valence-corrected chi connectivity index (χ2v) is 4.60. The van der Waals surface area contributed by atoms with Gasteiger partial charge in [-0.15, -0.1) is 13.2 Å². The molecule has 1 saturated heterocycles. The molecule has 0 aromatic rings. The highest BCUT2D eigenvalue weighted by Crippen LogP contribution is 2.41. The van der Waals surface area contributed by atoms with E-state index in [4.69, 9.17) is 9.47 Å². The summed E-state index contributed by atoms with van der Waals surface area (Å²) in [6, 6.07) is 0. The molecule has 1 heterocycles. The van der Waals surface area contributed by atoms with Crippen molar-refractivity contribution in [2.45, 2.75) is 56.2 Å². The van der Waals surface area contributed by atoms with Gasteiger partial charge in [0.05, 0.1) is 0 Å². The molecule has 90 valence electrons. The molecule has 2 aliphatic rings. The molecule has 0 bridgehead atoms. The van der Waals surface area contributed by atoms with E-state index in [1.807, 2.05) is 0 Å². The van der Waals surface area contributed by atoms with Crippen molar-refractivity contribution in [3.63, 3.8) is 0 Å². The number of hydrogen-bond donors (Lipinski definition) is 1. The first-order valence-corrected chi connectivity index (χ1v) is 5.99. The minimum Gasteiger partial charge on any atom is -0.386 e. The fraction of sp³-hybridized carbons (Fsp3) is 0.692. The molecule has 1 aliphatic heterocycles. The fourth-order valence-corrected chi connectivity index (χ4v) is 2.56. The average Bonchev–Trinajstić information content (AvgIpc) is 2.68. The highest BCUT2D eigenvalue weighted by atomic mass is 16.8. The van der Waals surface area contributed by atoms with E-state index in [1.54, 1.807) is 6.08 Å². The molecule has 2 fully saturated rings. The van der Waals surface area contributed by atoms with Gasteiger partial charge in [-0.3, -0.25) is 0 Å². The summed E-state index contributed by atoms with van der Waals surface area (Å²) >= 11 is 0. The molecule has 16 heavy (non-hydrogen) atoms. The first-order valence-electron chi connectivity index (χ1n) is 5.99. The first kappa shape index (κ1) is 11.8. The maximum Gasteiger partial charge on any atom is 0.169 e. The van der Waals surface area contributed by atoms with Crippen LogP contribution in [0.5, 0.6) is 0 Å². The van der Waals surface area contributed by atoms with E-state index in [0.29, 0.717) is 0 Å². The van der Waals surface area contributed by atoms with E-state index in [1.165, 1.54) is 12.5 Å². The van der Waals surface area contributed by atoms with Gasteiger partial charge in [0.15, 0.2) is 5.79 Å². The van der Waals surface area contributed by atoms with Gasteiger partial charge < -0.3 is 14.6 Å². The van der Waals surface area contributed by atoms with Gasteiger partial charge in [-0.1, -0.05) is 18.6 Å². The molecule has 1 saturated carbocycles. The Morgan fingerprint density at radius 1 is 1.19 bits per heavy atom. The zero-order chi connectivity index (χ0) is 11.6. The maximum atomic E-state index is 9.80. The normalized spacial score (nSPS) is 34.8. The third kappa shape index (κ3) is 2.08. The van der Waals surface area contributed by atoms with Crippen LogP contribution in [0.4, 0.5) is 0 Å². The van der Waals surface area contributed by atoms with Crippen LogP contribution in [0.1, 0.15) is 32.1 Å². The third-order valence-electron chi connectivity index (χ3n) is 3.45. The number of aliphatic hydroxyl groups is 1. The summed E-state index contributed by atoms with van der Waals surface area (Å²) in [5, 5.41) is 9.80. The van der Waals surface area contributed by atoms with E-state index < -0.39 is 11.9 Å². The Labute approximate surface area is 96.7 Å². The van der Waals surface area contributed by atoms with Gasteiger partial charge in [0.1, 0.15) is 18.3 Å². The minimum absolute atomic E-state index is 0.230. The van der Waals surface area contributed by atoms with Crippen molar-refractivity contribution in [1.29, 1.82) is 0 Å². The monoisotopic (exact) mass is 224 g/mol. The zero-order valence-corrected chi connectivity index (χ0v) is 9.60. The van der Waals surface area contributed by atoms with Crippen molar-refractivity contribution in [3.05, 3.63) is 25.3 Å². The Bertz CT molecular complexity index is 268. The van der Waals surface area contributed by atoms with Gasteiger partial charge in [0.2, 0.25) is 0 Å². The number of rotatable bonds is 3. The Kier molecular flexibility index (Phi) is 3.47. The predicted octanol–water partition coefficient (Wildman–Crippen LogP) is 2.16. The molecule has 2 rings (SSSR count). The van der Waals surface area contributed by atoms with Crippen LogP contribution in [0.15, 0.2) is 25.3 Å². The zero-order valence-electron chi connectivity index (χ0n) is 9.60. The largest absolute Gasteiger partial charge is 0.386 e. The van der Waals surface area contributed by atoms with E-state index >= 15 is 0 Å². The van der Waals surface area contributed by atoms with Crippen molar-refractivity contribution in [2.75, 3.05) is 0 Å². The summed E-state index contributed by atoms with van der Waals surface area (Å²) in [5.41, 5.74) is 0. The molecular weight excluding hydrogens is 204 g/mol. The van der Waals surface area contributed by atoms with Gasteiger partial charge in [-0.2, -0.15) is 0 Å². The molecule has 0 radical (unpaired) electrons. The van der Waals surface area contributed by atoms with Crippen molar-refractivity contribution in [1.82, 2.24) is 0 Å². The molecule has 3 heteroatoms. The lowest BCUT2D eigenvalue weighted by Crippen LogP contribution is -2.35. The number of hydrogen-bond acceptors (Lipinski definition) is 3. The Hall–Kier alpha value is -0.640. The first-order chi connectivity index (χ1) is 7.71.